The Kier molecular flexibility index (Phi) is 1.40. The average Bonchev–Trinajstić information content (AvgIpc) is 1.99. The molecule has 0 unspecified atom stereocenters. The van der Waals surface area contributed by atoms with Gasteiger partial charge in [0.25, 0.3) is 0 Å². The Hall–Kier alpha value is -1.45. The Morgan fingerprint density at radius 3 is 3.11 bits per heavy atom. The van der Waals surface area contributed by atoms with E-state index in [0.717, 1.165) is 0 Å². The maximum absolute atomic E-state index is 10.5. The second-order valence-corrected chi connectivity index (χ2v) is 1.51. The van der Waals surface area contributed by atoms with E-state index in [1.54, 1.807) is 12.1 Å². The summed E-state index contributed by atoms with van der Waals surface area (Å²) >= 11 is 0. The summed E-state index contributed by atoms with van der Waals surface area (Å²) in [4.78, 5) is 10.5. The number of hydrogen-bond acceptors (Lipinski definition) is 3. The van der Waals surface area contributed by atoms with Crippen LogP contribution in [0.4, 0.5) is 5.82 Å². The van der Waals surface area contributed by atoms with Gasteiger partial charge in [0.1, 0.15) is 4.54 Å². The number of rotatable bonds is 0. The molecule has 1 heterocycles. The Balaban J connectivity index is 3.42. The normalized spacial score (nSPS) is 8.89. The lowest BCUT2D eigenvalue weighted by Gasteiger charge is -1.65. The zero-order chi connectivity index (χ0) is 6.69. The number of anilines is 1. The first-order chi connectivity index (χ1) is 4.30. The third kappa shape index (κ3) is 1.22. The maximum Gasteiger partial charge on any atom is 0.342 e. The van der Waals surface area contributed by atoms with E-state index in [2.05, 4.69) is 5.10 Å². The highest BCUT2D eigenvalue weighted by atomic mass is 16.3. The van der Waals surface area contributed by atoms with E-state index >= 15 is 0 Å². The summed E-state index contributed by atoms with van der Waals surface area (Å²) in [7, 11) is 0. The van der Waals surface area contributed by atoms with Gasteiger partial charge in [0, 0.05) is 6.07 Å². The van der Waals surface area contributed by atoms with Crippen LogP contribution in [0.15, 0.2) is 24.4 Å². The third-order valence-corrected chi connectivity index (χ3v) is 0.857. The van der Waals surface area contributed by atoms with Crippen LogP contribution in [0.3, 0.4) is 0 Å². The molecule has 0 saturated carbocycles. The van der Waals surface area contributed by atoms with E-state index in [1.165, 1.54) is 12.3 Å². The summed E-state index contributed by atoms with van der Waals surface area (Å²) in [5, 5.41) is 3.38. The van der Waals surface area contributed by atoms with Crippen molar-refractivity contribution in [3.63, 3.8) is 0 Å². The number of nitrogens with two attached hydrogens (primary N) is 1. The molecule has 0 aliphatic carbocycles. The first kappa shape index (κ1) is 5.68. The van der Waals surface area contributed by atoms with Gasteiger partial charge in [-0.3, -0.25) is 5.73 Å². The van der Waals surface area contributed by atoms with Crippen molar-refractivity contribution in [2.75, 3.05) is 5.73 Å². The molecule has 0 atom stereocenters. The molecule has 0 aliphatic rings. The molecule has 4 nitrogen and oxygen atoms in total. The summed E-state index contributed by atoms with van der Waals surface area (Å²) in [5.41, 5.74) is 5.19. The highest BCUT2D eigenvalue weighted by Crippen LogP contribution is 1.82. The van der Waals surface area contributed by atoms with Crippen LogP contribution in [-0.4, -0.2) is 5.10 Å². The Morgan fingerprint density at radius 2 is 2.33 bits per heavy atom. The Labute approximate surface area is 51.5 Å². The fraction of sp³-hybridized carbons (Fsp3) is 0. The molecule has 9 heavy (non-hydrogen) atoms. The van der Waals surface area contributed by atoms with E-state index in [1.807, 2.05) is 0 Å². The molecule has 0 aliphatic heterocycles. The van der Waals surface area contributed by atoms with Crippen molar-refractivity contribution in [1.29, 1.82) is 0 Å². The van der Waals surface area contributed by atoms with Crippen molar-refractivity contribution in [3.8, 4) is 0 Å². The molecular formula is C5H6N3O+. The monoisotopic (exact) mass is 124 g/mol. The van der Waals surface area contributed by atoms with Gasteiger partial charge in [-0.25, -0.2) is 0 Å². The highest BCUT2D eigenvalue weighted by Gasteiger charge is 1.92. The van der Waals surface area contributed by atoms with E-state index < -0.39 is 0 Å². The van der Waals surface area contributed by atoms with Gasteiger partial charge >= 0.3 is 5.82 Å². The van der Waals surface area contributed by atoms with Gasteiger partial charge in [0.2, 0.25) is 0 Å². The van der Waals surface area contributed by atoms with Gasteiger partial charge in [-0.05, 0) is 16.1 Å². The van der Waals surface area contributed by atoms with Gasteiger partial charge in [0.05, 0.1) is 6.20 Å². The van der Waals surface area contributed by atoms with Gasteiger partial charge in [-0.1, -0.05) is 6.07 Å². The molecule has 0 amide bonds. The molecule has 1 aromatic rings. The van der Waals surface area contributed by atoms with Gasteiger partial charge in [-0.15, -0.1) is 0 Å². The predicted molar refractivity (Wildman–Crippen MR) is 32.0 cm³/mol. The summed E-state index contributed by atoms with van der Waals surface area (Å²) in [6.45, 7) is 0. The molecular weight excluding hydrogens is 118 g/mol. The minimum Gasteiger partial charge on any atom is -0.282 e. The summed E-state index contributed by atoms with van der Waals surface area (Å²) in [6.07, 6.45) is 1.38. The fourth-order valence-electron chi connectivity index (χ4n) is 0.433. The number of aromatic nitrogens is 2. The van der Waals surface area contributed by atoms with Gasteiger partial charge in [0.15, 0.2) is 0 Å². The number of nitrogen functional groups attached to an aromatic ring is 1. The molecule has 0 saturated heterocycles. The van der Waals surface area contributed by atoms with Crippen LogP contribution in [0.1, 0.15) is 0 Å². The van der Waals surface area contributed by atoms with Crippen molar-refractivity contribution < 1.29 is 4.54 Å². The maximum atomic E-state index is 10.5. The molecule has 2 N–H and O–H groups in total. The molecule has 0 spiro atoms. The zero-order valence-corrected chi connectivity index (χ0v) is 4.69. The van der Waals surface area contributed by atoms with Crippen LogP contribution >= 0.6 is 0 Å². The van der Waals surface area contributed by atoms with Crippen molar-refractivity contribution in [3.05, 3.63) is 29.3 Å². The molecule has 1 aromatic heterocycles. The topological polar surface area (TPSA) is 61.9 Å². The van der Waals surface area contributed by atoms with E-state index in [-0.39, 0.29) is 5.82 Å². The standard InChI is InChI=1S/C5H6N3O/c6-5-3-1-2-4-7-8(5)9/h1-4H,(H2,6,7,9)/q+1. The van der Waals surface area contributed by atoms with E-state index in [4.69, 9.17) is 5.73 Å². The molecule has 0 bridgehead atoms. The fourth-order valence-corrected chi connectivity index (χ4v) is 0.433. The van der Waals surface area contributed by atoms with Crippen molar-refractivity contribution >= 4 is 5.82 Å². The van der Waals surface area contributed by atoms with E-state index in [9.17, 15) is 4.91 Å². The zero-order valence-electron chi connectivity index (χ0n) is 4.69. The van der Waals surface area contributed by atoms with Crippen LogP contribution in [0.2, 0.25) is 0 Å². The van der Waals surface area contributed by atoms with E-state index in [0.29, 0.717) is 4.54 Å². The van der Waals surface area contributed by atoms with Crippen LogP contribution in [0.5, 0.6) is 0 Å². The second-order valence-electron chi connectivity index (χ2n) is 1.51. The van der Waals surface area contributed by atoms with Crippen LogP contribution in [-0.2, 0) is 0 Å². The van der Waals surface area contributed by atoms with Crippen LogP contribution < -0.4 is 10.3 Å². The number of hydrogen-bond donors (Lipinski definition) is 1. The molecule has 1 rings (SSSR count). The minimum atomic E-state index is 0.0972. The minimum absolute atomic E-state index is 0.0972. The summed E-state index contributed by atoms with van der Waals surface area (Å²) in [6, 6.07) is 4.77. The van der Waals surface area contributed by atoms with Gasteiger partial charge in [-0.2, -0.15) is 0 Å². The molecule has 46 valence electrons. The lowest BCUT2D eigenvalue weighted by atomic mass is 10.5. The predicted octanol–water partition coefficient (Wildman–Crippen LogP) is -0.422. The SMILES string of the molecule is Nc1ccccn[n+]1=O. The quantitative estimate of drug-likeness (QED) is 0.478. The lowest BCUT2D eigenvalue weighted by molar-refractivity contribution is -0.547. The van der Waals surface area contributed by atoms with Gasteiger partial charge < -0.3 is 0 Å². The summed E-state index contributed by atoms with van der Waals surface area (Å²) < 4.78 is 0.361. The molecule has 4 heteroatoms. The lowest BCUT2D eigenvalue weighted by Crippen LogP contribution is -2.21. The average molecular weight is 124 g/mol. The first-order valence-corrected chi connectivity index (χ1v) is 2.44. The van der Waals surface area contributed by atoms with Crippen molar-refractivity contribution in [2.45, 2.75) is 0 Å². The molecule has 0 fully saturated rings. The Bertz CT molecular complexity index is 260. The summed E-state index contributed by atoms with van der Waals surface area (Å²) in [5.74, 6) is 0.0972. The molecule has 0 aromatic carbocycles. The highest BCUT2D eigenvalue weighted by molar-refractivity contribution is 5.16. The first-order valence-electron chi connectivity index (χ1n) is 2.44. The third-order valence-electron chi connectivity index (χ3n) is 0.857. The van der Waals surface area contributed by atoms with Crippen molar-refractivity contribution in [1.82, 2.24) is 5.10 Å². The molecule has 0 radical (unpaired) electrons. The van der Waals surface area contributed by atoms with Crippen molar-refractivity contribution in [2.24, 2.45) is 0 Å². The largest absolute Gasteiger partial charge is 0.342 e. The number of nitrogens with zero attached hydrogens (tertiary/aromatic N) is 2. The Morgan fingerprint density at radius 1 is 1.56 bits per heavy atom. The van der Waals surface area contributed by atoms with Crippen LogP contribution in [0.25, 0.3) is 0 Å². The smallest absolute Gasteiger partial charge is 0.282 e. The second kappa shape index (κ2) is 2.21. The van der Waals surface area contributed by atoms with Crippen LogP contribution in [0, 0.1) is 4.91 Å².